The number of nitrogens with zero attached hydrogens (tertiary/aromatic N) is 1. The molecule has 3 aromatic carbocycles. The zero-order chi connectivity index (χ0) is 26.3. The second-order valence-corrected chi connectivity index (χ2v) is 10.3. The predicted octanol–water partition coefficient (Wildman–Crippen LogP) is 4.67. The normalized spacial score (nSPS) is 11.1. The standard InChI is InChI=1S/C25H25ClFN3O5S/c1-35-14-13-30(25(32)29-18-9-7-17(26)8-10-18)16-24(31)28-19-11-12-20(22(27)15-19)21-5-3-4-6-23(21)36(2,33)34/h3-12,15H,13-14,16H2,1-2H3,(H,28,31)(H,29,32). The van der Waals surface area contributed by atoms with Crippen LogP contribution < -0.4 is 10.6 Å². The van der Waals surface area contributed by atoms with Gasteiger partial charge in [0, 0.05) is 47.4 Å². The van der Waals surface area contributed by atoms with E-state index in [9.17, 15) is 22.4 Å². The first-order valence-corrected chi connectivity index (χ1v) is 13.0. The number of carbonyl (C=O) groups is 2. The minimum Gasteiger partial charge on any atom is -0.383 e. The van der Waals surface area contributed by atoms with Crippen LogP contribution in [-0.2, 0) is 19.4 Å². The van der Waals surface area contributed by atoms with Gasteiger partial charge in [-0.25, -0.2) is 17.6 Å². The van der Waals surface area contributed by atoms with Crippen LogP contribution in [0.5, 0.6) is 0 Å². The fraction of sp³-hybridized carbons (Fsp3) is 0.200. The molecule has 0 bridgehead atoms. The summed E-state index contributed by atoms with van der Waals surface area (Å²) in [6, 6.07) is 16.0. The van der Waals surface area contributed by atoms with Gasteiger partial charge in [0.05, 0.1) is 11.5 Å². The Hall–Kier alpha value is -3.47. The van der Waals surface area contributed by atoms with Crippen LogP contribution in [0.1, 0.15) is 0 Å². The van der Waals surface area contributed by atoms with Crippen molar-refractivity contribution in [2.75, 3.05) is 43.7 Å². The van der Waals surface area contributed by atoms with E-state index in [-0.39, 0.29) is 41.4 Å². The molecule has 0 spiro atoms. The zero-order valence-electron chi connectivity index (χ0n) is 19.6. The quantitative estimate of drug-likeness (QED) is 0.416. The van der Waals surface area contributed by atoms with Crippen molar-refractivity contribution in [3.8, 4) is 11.1 Å². The molecule has 0 aliphatic carbocycles. The Morgan fingerprint density at radius 1 is 0.972 bits per heavy atom. The van der Waals surface area contributed by atoms with Gasteiger partial charge in [0.15, 0.2) is 9.84 Å². The fourth-order valence-corrected chi connectivity index (χ4v) is 4.42. The first kappa shape index (κ1) is 27.1. The van der Waals surface area contributed by atoms with Crippen LogP contribution in [0.3, 0.4) is 0 Å². The van der Waals surface area contributed by atoms with Crippen molar-refractivity contribution in [1.29, 1.82) is 0 Å². The molecule has 3 aromatic rings. The minimum atomic E-state index is -3.58. The molecule has 0 radical (unpaired) electrons. The number of benzene rings is 3. The first-order valence-electron chi connectivity index (χ1n) is 10.8. The Morgan fingerprint density at radius 2 is 1.64 bits per heavy atom. The summed E-state index contributed by atoms with van der Waals surface area (Å²) in [6.45, 7) is 0.0202. The highest BCUT2D eigenvalue weighted by Crippen LogP contribution is 2.30. The van der Waals surface area contributed by atoms with E-state index in [4.69, 9.17) is 16.3 Å². The van der Waals surface area contributed by atoms with Gasteiger partial charge in [-0.15, -0.1) is 0 Å². The molecule has 0 aromatic heterocycles. The Kier molecular flexibility index (Phi) is 9.03. The maximum atomic E-state index is 14.9. The molecule has 0 aliphatic heterocycles. The van der Waals surface area contributed by atoms with Crippen LogP contribution in [0.15, 0.2) is 71.6 Å². The number of halogens is 2. The summed E-state index contributed by atoms with van der Waals surface area (Å²) in [7, 11) is -2.10. The van der Waals surface area contributed by atoms with Crippen LogP contribution in [0.4, 0.5) is 20.6 Å². The second-order valence-electron chi connectivity index (χ2n) is 7.86. The van der Waals surface area contributed by atoms with Gasteiger partial charge in [-0.2, -0.15) is 0 Å². The molecule has 0 saturated carbocycles. The van der Waals surface area contributed by atoms with Crippen molar-refractivity contribution in [1.82, 2.24) is 4.90 Å². The maximum Gasteiger partial charge on any atom is 0.322 e. The molecule has 0 unspecified atom stereocenters. The number of methoxy groups -OCH3 is 1. The Labute approximate surface area is 213 Å². The molecule has 0 fully saturated rings. The average Bonchev–Trinajstić information content (AvgIpc) is 2.82. The molecule has 0 atom stereocenters. The number of sulfone groups is 1. The van der Waals surface area contributed by atoms with E-state index >= 15 is 0 Å². The number of amides is 3. The number of rotatable bonds is 9. The van der Waals surface area contributed by atoms with E-state index in [2.05, 4.69) is 10.6 Å². The lowest BCUT2D eigenvalue weighted by Crippen LogP contribution is -2.42. The van der Waals surface area contributed by atoms with Crippen molar-refractivity contribution in [3.05, 3.63) is 77.6 Å². The van der Waals surface area contributed by atoms with Gasteiger partial charge in [0.1, 0.15) is 12.4 Å². The number of hydrogen-bond acceptors (Lipinski definition) is 5. The van der Waals surface area contributed by atoms with Gasteiger partial charge >= 0.3 is 6.03 Å². The van der Waals surface area contributed by atoms with Gasteiger partial charge in [0.25, 0.3) is 0 Å². The summed E-state index contributed by atoms with van der Waals surface area (Å²) in [5, 5.41) is 5.76. The van der Waals surface area contributed by atoms with Gasteiger partial charge < -0.3 is 20.3 Å². The zero-order valence-corrected chi connectivity index (χ0v) is 21.2. The van der Waals surface area contributed by atoms with Crippen LogP contribution in [0.2, 0.25) is 5.02 Å². The van der Waals surface area contributed by atoms with Crippen LogP contribution in [0.25, 0.3) is 11.1 Å². The van der Waals surface area contributed by atoms with Gasteiger partial charge in [-0.3, -0.25) is 4.79 Å². The van der Waals surface area contributed by atoms with E-state index < -0.39 is 27.6 Å². The molecule has 2 N–H and O–H groups in total. The SMILES string of the molecule is COCCN(CC(=O)Nc1ccc(-c2ccccc2S(C)(=O)=O)c(F)c1)C(=O)Nc1ccc(Cl)cc1. The number of anilines is 2. The molecule has 0 aliphatic rings. The van der Waals surface area contributed by atoms with Gasteiger partial charge in [-0.1, -0.05) is 29.8 Å². The number of carbonyl (C=O) groups excluding carboxylic acids is 2. The monoisotopic (exact) mass is 533 g/mol. The molecule has 0 heterocycles. The summed E-state index contributed by atoms with van der Waals surface area (Å²) in [5.41, 5.74) is 0.959. The molecule has 36 heavy (non-hydrogen) atoms. The molecule has 0 saturated heterocycles. The van der Waals surface area contributed by atoms with Crippen molar-refractivity contribution in [3.63, 3.8) is 0 Å². The van der Waals surface area contributed by atoms with Crippen molar-refractivity contribution in [2.24, 2.45) is 0 Å². The van der Waals surface area contributed by atoms with E-state index in [1.165, 1.54) is 36.3 Å². The Bertz CT molecular complexity index is 1350. The van der Waals surface area contributed by atoms with Gasteiger partial charge in [0.2, 0.25) is 5.91 Å². The lowest BCUT2D eigenvalue weighted by molar-refractivity contribution is -0.116. The Morgan fingerprint density at radius 3 is 2.28 bits per heavy atom. The Balaban J connectivity index is 1.73. The molecular formula is C25H25ClFN3O5S. The maximum absolute atomic E-state index is 14.9. The van der Waals surface area contributed by atoms with E-state index in [1.807, 2.05) is 0 Å². The first-order chi connectivity index (χ1) is 17.1. The lowest BCUT2D eigenvalue weighted by Gasteiger charge is -2.22. The highest BCUT2D eigenvalue weighted by molar-refractivity contribution is 7.90. The van der Waals surface area contributed by atoms with Crippen molar-refractivity contribution in [2.45, 2.75) is 4.90 Å². The third-order valence-electron chi connectivity index (χ3n) is 5.11. The average molecular weight is 534 g/mol. The molecule has 190 valence electrons. The second kappa shape index (κ2) is 12.0. The third-order valence-corrected chi connectivity index (χ3v) is 6.52. The summed E-state index contributed by atoms with van der Waals surface area (Å²) >= 11 is 5.86. The summed E-state index contributed by atoms with van der Waals surface area (Å²) in [4.78, 5) is 26.6. The summed E-state index contributed by atoms with van der Waals surface area (Å²) in [5.74, 6) is -1.26. The number of urea groups is 1. The van der Waals surface area contributed by atoms with E-state index in [1.54, 1.807) is 36.4 Å². The van der Waals surface area contributed by atoms with E-state index in [0.717, 1.165) is 12.3 Å². The topological polar surface area (TPSA) is 105 Å². The lowest BCUT2D eigenvalue weighted by atomic mass is 10.0. The summed E-state index contributed by atoms with van der Waals surface area (Å²) < 4.78 is 44.1. The number of hydrogen-bond donors (Lipinski definition) is 2. The molecule has 8 nitrogen and oxygen atoms in total. The highest BCUT2D eigenvalue weighted by atomic mass is 35.5. The van der Waals surface area contributed by atoms with Crippen LogP contribution in [0, 0.1) is 5.82 Å². The molecule has 11 heteroatoms. The molecule has 3 amide bonds. The molecular weight excluding hydrogens is 509 g/mol. The summed E-state index contributed by atoms with van der Waals surface area (Å²) in [6.07, 6.45) is 1.05. The molecule has 3 rings (SSSR count). The minimum absolute atomic E-state index is 0.00108. The fourth-order valence-electron chi connectivity index (χ4n) is 3.39. The van der Waals surface area contributed by atoms with Crippen molar-refractivity contribution < 1.29 is 27.1 Å². The van der Waals surface area contributed by atoms with Gasteiger partial charge in [-0.05, 0) is 48.5 Å². The third kappa shape index (κ3) is 7.27. The number of nitrogens with one attached hydrogen (secondary N) is 2. The smallest absolute Gasteiger partial charge is 0.322 e. The predicted molar refractivity (Wildman–Crippen MR) is 137 cm³/mol. The number of ether oxygens (including phenoxy) is 1. The highest BCUT2D eigenvalue weighted by Gasteiger charge is 2.19. The van der Waals surface area contributed by atoms with Crippen molar-refractivity contribution >= 4 is 44.8 Å². The largest absolute Gasteiger partial charge is 0.383 e. The van der Waals surface area contributed by atoms with Crippen LogP contribution in [-0.4, -0.2) is 58.3 Å². The van der Waals surface area contributed by atoms with Crippen LogP contribution >= 0.6 is 11.6 Å². The van der Waals surface area contributed by atoms with E-state index in [0.29, 0.717) is 10.7 Å².